The molecule has 0 atom stereocenters. The lowest BCUT2D eigenvalue weighted by atomic mass is 10.3. The van der Waals surface area contributed by atoms with Crippen LogP contribution in [0.5, 0.6) is 0 Å². The molecule has 0 spiro atoms. The van der Waals surface area contributed by atoms with Gasteiger partial charge in [-0.1, -0.05) is 27.5 Å². The van der Waals surface area contributed by atoms with Crippen LogP contribution in [-0.2, 0) is 0 Å². The highest BCUT2D eigenvalue weighted by atomic mass is 79.9. The topological polar surface area (TPSA) is 60.7 Å². The van der Waals surface area contributed by atoms with Crippen LogP contribution < -0.4 is 0 Å². The zero-order chi connectivity index (χ0) is 10.4. The van der Waals surface area contributed by atoms with Crippen molar-refractivity contribution in [3.8, 4) is 0 Å². The first-order chi connectivity index (χ1) is 5.91. The van der Waals surface area contributed by atoms with Gasteiger partial charge in [0.1, 0.15) is 5.82 Å². The number of halogens is 3. The Morgan fingerprint density at radius 2 is 1.69 bits per heavy atom. The second kappa shape index (κ2) is 6.34. The van der Waals surface area contributed by atoms with Crippen molar-refractivity contribution in [2.24, 2.45) is 0 Å². The molecule has 3 nitrogen and oxygen atoms in total. The minimum atomic E-state index is -2.17. The van der Waals surface area contributed by atoms with E-state index >= 15 is 0 Å². The summed E-state index contributed by atoms with van der Waals surface area (Å²) < 4.78 is 13.0. The molecule has 0 saturated heterocycles. The van der Waals surface area contributed by atoms with Crippen LogP contribution >= 0.6 is 27.5 Å². The van der Waals surface area contributed by atoms with Gasteiger partial charge in [0, 0.05) is 9.50 Å². The maximum absolute atomic E-state index is 12.3. The molecule has 1 aromatic rings. The van der Waals surface area contributed by atoms with Crippen molar-refractivity contribution in [3.05, 3.63) is 33.5 Å². The molecule has 0 fully saturated rings. The van der Waals surface area contributed by atoms with Crippen LogP contribution in [-0.4, -0.2) is 22.4 Å². The normalized spacial score (nSPS) is 8.77. The molecule has 1 aromatic carbocycles. The van der Waals surface area contributed by atoms with Crippen LogP contribution in [0.15, 0.2) is 22.7 Å². The van der Waals surface area contributed by atoms with E-state index in [2.05, 4.69) is 15.9 Å². The van der Waals surface area contributed by atoms with E-state index in [1.807, 2.05) is 0 Å². The van der Waals surface area contributed by atoms with Gasteiger partial charge >= 0.3 is 7.32 Å². The van der Waals surface area contributed by atoms with Crippen LogP contribution in [0.2, 0.25) is 5.02 Å². The third-order valence-electron chi connectivity index (χ3n) is 0.827. The fourth-order valence-corrected chi connectivity index (χ4v) is 1.34. The summed E-state index contributed by atoms with van der Waals surface area (Å²) in [6.07, 6.45) is 0. The average Bonchev–Trinajstić information content (AvgIpc) is 1.80. The molecule has 0 aromatic heterocycles. The Kier molecular flexibility index (Phi) is 6.27. The van der Waals surface area contributed by atoms with Gasteiger partial charge < -0.3 is 15.1 Å². The third-order valence-corrected chi connectivity index (χ3v) is 1.50. The molecule has 72 valence electrons. The molecule has 0 unspecified atom stereocenters. The van der Waals surface area contributed by atoms with E-state index in [9.17, 15) is 4.39 Å². The summed E-state index contributed by atoms with van der Waals surface area (Å²) >= 11 is 8.57. The molecule has 13 heavy (non-hydrogen) atoms. The standard InChI is InChI=1S/C6H3BrClF.BH3O3/c7-4-1-5(8)3-6(9)2-4;2-1(3)4/h1-3H;2-4H. The Hall–Kier alpha value is -0.135. The number of hydrogen-bond donors (Lipinski definition) is 3. The molecule has 0 aliphatic heterocycles. The summed E-state index contributed by atoms with van der Waals surface area (Å²) in [5.41, 5.74) is 0. The fourth-order valence-electron chi connectivity index (χ4n) is 0.520. The summed E-state index contributed by atoms with van der Waals surface area (Å²) in [5, 5.41) is 21.9. The first kappa shape index (κ1) is 12.9. The van der Waals surface area contributed by atoms with E-state index in [0.29, 0.717) is 9.50 Å². The number of rotatable bonds is 0. The predicted molar refractivity (Wildman–Crippen MR) is 51.5 cm³/mol. The van der Waals surface area contributed by atoms with E-state index in [0.717, 1.165) is 0 Å². The van der Waals surface area contributed by atoms with Crippen molar-refractivity contribution < 1.29 is 19.5 Å². The van der Waals surface area contributed by atoms with Crippen molar-refractivity contribution >= 4 is 34.9 Å². The van der Waals surface area contributed by atoms with Gasteiger partial charge in [0.25, 0.3) is 0 Å². The molecule has 0 aliphatic carbocycles. The van der Waals surface area contributed by atoms with Crippen LogP contribution in [0.4, 0.5) is 4.39 Å². The minimum Gasteiger partial charge on any atom is -0.402 e. The lowest BCUT2D eigenvalue weighted by Crippen LogP contribution is -2.07. The first-order valence-corrected chi connectivity index (χ1v) is 4.24. The summed E-state index contributed by atoms with van der Waals surface area (Å²) in [7, 11) is -2.17. The van der Waals surface area contributed by atoms with E-state index in [1.54, 1.807) is 6.07 Å². The van der Waals surface area contributed by atoms with Crippen molar-refractivity contribution in [2.45, 2.75) is 0 Å². The van der Waals surface area contributed by atoms with Gasteiger partial charge in [0.2, 0.25) is 0 Å². The highest BCUT2D eigenvalue weighted by molar-refractivity contribution is 9.10. The summed E-state index contributed by atoms with van der Waals surface area (Å²) in [6, 6.07) is 4.24. The van der Waals surface area contributed by atoms with Gasteiger partial charge in [0.05, 0.1) is 0 Å². The van der Waals surface area contributed by atoms with Crippen LogP contribution in [0, 0.1) is 5.82 Å². The van der Waals surface area contributed by atoms with Crippen molar-refractivity contribution in [1.82, 2.24) is 0 Å². The van der Waals surface area contributed by atoms with Gasteiger partial charge in [-0.15, -0.1) is 0 Å². The summed E-state index contributed by atoms with van der Waals surface area (Å²) in [4.78, 5) is 0. The Morgan fingerprint density at radius 1 is 1.23 bits per heavy atom. The fraction of sp³-hybridized carbons (Fsp3) is 0. The van der Waals surface area contributed by atoms with Crippen molar-refractivity contribution in [1.29, 1.82) is 0 Å². The first-order valence-electron chi connectivity index (χ1n) is 3.07. The summed E-state index contributed by atoms with van der Waals surface area (Å²) in [5.74, 6) is -0.325. The molecular formula is C6H6BBrClFO3. The molecule has 0 amide bonds. The van der Waals surface area contributed by atoms with Crippen LogP contribution in [0.1, 0.15) is 0 Å². The van der Waals surface area contributed by atoms with Crippen LogP contribution in [0.3, 0.4) is 0 Å². The van der Waals surface area contributed by atoms with Crippen LogP contribution in [0.25, 0.3) is 0 Å². The highest BCUT2D eigenvalue weighted by Crippen LogP contribution is 2.17. The maximum atomic E-state index is 12.3. The van der Waals surface area contributed by atoms with Gasteiger partial charge in [-0.3, -0.25) is 0 Å². The van der Waals surface area contributed by atoms with E-state index in [4.69, 9.17) is 26.7 Å². The highest BCUT2D eigenvalue weighted by Gasteiger charge is 1.93. The van der Waals surface area contributed by atoms with Gasteiger partial charge in [-0.05, 0) is 18.2 Å². The molecule has 0 aliphatic rings. The van der Waals surface area contributed by atoms with Gasteiger partial charge in [0.15, 0.2) is 0 Å². The lowest BCUT2D eigenvalue weighted by Gasteiger charge is -1.90. The monoisotopic (exact) mass is 270 g/mol. The lowest BCUT2D eigenvalue weighted by molar-refractivity contribution is 0.278. The molecule has 7 heteroatoms. The van der Waals surface area contributed by atoms with Crippen molar-refractivity contribution in [2.75, 3.05) is 0 Å². The molecule has 0 bridgehead atoms. The molecule has 0 heterocycles. The smallest absolute Gasteiger partial charge is 0.402 e. The zero-order valence-corrected chi connectivity index (χ0v) is 8.63. The zero-order valence-electron chi connectivity index (χ0n) is 6.28. The molecular weight excluding hydrogens is 265 g/mol. The second-order valence-corrected chi connectivity index (χ2v) is 3.29. The molecule has 1 rings (SSSR count). The molecule has 3 N–H and O–H groups in total. The third kappa shape index (κ3) is 8.20. The Labute approximate surface area is 88.1 Å². The molecule has 0 saturated carbocycles. The number of benzene rings is 1. The quantitative estimate of drug-likeness (QED) is 0.621. The van der Waals surface area contributed by atoms with E-state index < -0.39 is 7.32 Å². The largest absolute Gasteiger partial charge is 0.631 e. The average molecular weight is 271 g/mol. The van der Waals surface area contributed by atoms with E-state index in [1.165, 1.54) is 12.1 Å². The van der Waals surface area contributed by atoms with E-state index in [-0.39, 0.29) is 5.82 Å². The predicted octanol–water partition coefficient (Wildman–Crippen LogP) is 1.19. The van der Waals surface area contributed by atoms with Gasteiger partial charge in [-0.25, -0.2) is 4.39 Å². The number of hydrogen-bond acceptors (Lipinski definition) is 3. The van der Waals surface area contributed by atoms with Gasteiger partial charge in [-0.2, -0.15) is 0 Å². The maximum Gasteiger partial charge on any atom is 0.631 e. The Balaban J connectivity index is 0.000000310. The minimum absolute atomic E-state index is 0.325. The van der Waals surface area contributed by atoms with Crippen molar-refractivity contribution in [3.63, 3.8) is 0 Å². The summed E-state index contributed by atoms with van der Waals surface area (Å²) in [6.45, 7) is 0. The Bertz CT molecular complexity index is 221. The SMILES string of the molecule is Fc1cc(Cl)cc(Br)c1.OB(O)O. The Morgan fingerprint density at radius 3 is 2.00 bits per heavy atom. The second-order valence-electron chi connectivity index (χ2n) is 1.93. The molecule has 0 radical (unpaired) electrons.